The first-order valence-electron chi connectivity index (χ1n) is 10.8. The van der Waals surface area contributed by atoms with Gasteiger partial charge in [-0.05, 0) is 49.3 Å². The molecule has 0 bridgehead atoms. The van der Waals surface area contributed by atoms with Gasteiger partial charge in [0.25, 0.3) is 0 Å². The Labute approximate surface area is 180 Å². The molecule has 2 aromatic carbocycles. The molecule has 3 rings (SSSR count). The van der Waals surface area contributed by atoms with Crippen LogP contribution >= 0.6 is 0 Å². The molecular formula is C26H35NO3. The molecule has 0 aliphatic carbocycles. The molecule has 0 aliphatic heterocycles. The van der Waals surface area contributed by atoms with Gasteiger partial charge < -0.3 is 18.8 Å². The van der Waals surface area contributed by atoms with E-state index >= 15 is 0 Å². The monoisotopic (exact) mass is 409 g/mol. The van der Waals surface area contributed by atoms with Crippen molar-refractivity contribution in [1.82, 2.24) is 4.57 Å². The highest BCUT2D eigenvalue weighted by Gasteiger charge is 2.30. The van der Waals surface area contributed by atoms with Gasteiger partial charge in [0.15, 0.2) is 6.29 Å². The number of hydrogen-bond acceptors (Lipinski definition) is 3. The van der Waals surface area contributed by atoms with Gasteiger partial charge in [0, 0.05) is 33.4 Å². The highest BCUT2D eigenvalue weighted by Crippen LogP contribution is 2.35. The Hall–Kier alpha value is -2.14. The molecule has 30 heavy (non-hydrogen) atoms. The first kappa shape index (κ1) is 22.5. The Kier molecular flexibility index (Phi) is 8.08. The van der Waals surface area contributed by atoms with Gasteiger partial charge in [-0.15, -0.1) is 0 Å². The molecule has 0 amide bonds. The number of fused-ring (bicyclic) bond motifs is 1. The Bertz CT molecular complexity index is 901. The SMILES string of the molecule is COC(CCCCC[C@@](C)(OC)c1cc2ccccc2n1Cc1ccccc1)OC. The van der Waals surface area contributed by atoms with E-state index in [2.05, 4.69) is 72.2 Å². The van der Waals surface area contributed by atoms with Gasteiger partial charge in [-0.25, -0.2) is 0 Å². The van der Waals surface area contributed by atoms with Crippen LogP contribution in [0.15, 0.2) is 60.7 Å². The minimum atomic E-state index is -0.338. The van der Waals surface area contributed by atoms with Crippen LogP contribution in [0.25, 0.3) is 10.9 Å². The van der Waals surface area contributed by atoms with Crippen LogP contribution in [0, 0.1) is 0 Å². The number of benzene rings is 2. The van der Waals surface area contributed by atoms with Crippen LogP contribution in [0.3, 0.4) is 0 Å². The van der Waals surface area contributed by atoms with Crippen molar-refractivity contribution in [2.45, 2.75) is 57.5 Å². The molecule has 162 valence electrons. The third-order valence-corrected chi connectivity index (χ3v) is 6.11. The number of nitrogens with zero attached hydrogens (tertiary/aromatic N) is 1. The molecule has 4 heteroatoms. The zero-order valence-electron chi connectivity index (χ0n) is 18.8. The van der Waals surface area contributed by atoms with Crippen molar-refractivity contribution in [3.8, 4) is 0 Å². The van der Waals surface area contributed by atoms with Crippen LogP contribution in [0.5, 0.6) is 0 Å². The predicted octanol–water partition coefficient (Wildman–Crippen LogP) is 6.12. The number of methoxy groups -OCH3 is 3. The third kappa shape index (κ3) is 5.31. The molecule has 1 aromatic heterocycles. The lowest BCUT2D eigenvalue weighted by Gasteiger charge is -2.30. The standard InChI is InChI=1S/C26H35NO3/c1-26(30-4,18-12-6-9-17-25(28-2)29-3)24-19-22-15-10-11-16-23(22)27(24)20-21-13-7-5-8-14-21/h5,7-8,10-11,13-16,19,25H,6,9,12,17-18,20H2,1-4H3/t26-/m1/s1. The highest BCUT2D eigenvalue weighted by atomic mass is 16.7. The average Bonchev–Trinajstić information content (AvgIpc) is 3.16. The average molecular weight is 410 g/mol. The van der Waals surface area contributed by atoms with Crippen molar-refractivity contribution < 1.29 is 14.2 Å². The maximum absolute atomic E-state index is 6.13. The number of rotatable bonds is 12. The quantitative estimate of drug-likeness (QED) is 0.267. The molecule has 0 N–H and O–H groups in total. The summed E-state index contributed by atoms with van der Waals surface area (Å²) < 4.78 is 19.1. The molecule has 4 nitrogen and oxygen atoms in total. The zero-order valence-corrected chi connectivity index (χ0v) is 18.8. The third-order valence-electron chi connectivity index (χ3n) is 6.11. The second-order valence-electron chi connectivity index (χ2n) is 8.10. The Morgan fingerprint density at radius 1 is 0.867 bits per heavy atom. The van der Waals surface area contributed by atoms with E-state index in [1.807, 2.05) is 7.11 Å². The van der Waals surface area contributed by atoms with E-state index in [0.29, 0.717) is 0 Å². The first-order valence-corrected chi connectivity index (χ1v) is 10.8. The minimum Gasteiger partial charge on any atom is -0.372 e. The summed E-state index contributed by atoms with van der Waals surface area (Å²) in [6.07, 6.45) is 5.09. The van der Waals surface area contributed by atoms with Crippen LogP contribution in [-0.2, 0) is 26.4 Å². The summed E-state index contributed by atoms with van der Waals surface area (Å²) in [6.45, 7) is 3.06. The normalized spacial score (nSPS) is 13.8. The molecule has 3 aromatic rings. The maximum Gasteiger partial charge on any atom is 0.156 e. The summed E-state index contributed by atoms with van der Waals surface area (Å²) in [4.78, 5) is 0. The fourth-order valence-electron chi connectivity index (χ4n) is 4.20. The number of unbranched alkanes of at least 4 members (excludes halogenated alkanes) is 2. The lowest BCUT2D eigenvalue weighted by atomic mass is 9.93. The number of hydrogen-bond donors (Lipinski definition) is 0. The molecule has 0 aliphatic rings. The summed E-state index contributed by atoms with van der Waals surface area (Å²) in [5, 5.41) is 1.26. The van der Waals surface area contributed by atoms with Crippen LogP contribution < -0.4 is 0 Å². The van der Waals surface area contributed by atoms with Gasteiger partial charge >= 0.3 is 0 Å². The maximum atomic E-state index is 6.13. The first-order chi connectivity index (χ1) is 14.6. The molecule has 0 spiro atoms. The minimum absolute atomic E-state index is 0.104. The van der Waals surface area contributed by atoms with Crippen molar-refractivity contribution in [2.24, 2.45) is 0 Å². The van der Waals surface area contributed by atoms with Crippen LogP contribution in [-0.4, -0.2) is 32.2 Å². The summed E-state index contributed by atoms with van der Waals surface area (Å²) in [5.41, 5.74) is 3.45. The molecule has 0 unspecified atom stereocenters. The van der Waals surface area contributed by atoms with Gasteiger partial charge in [-0.2, -0.15) is 0 Å². The van der Waals surface area contributed by atoms with E-state index in [1.165, 1.54) is 22.2 Å². The fraction of sp³-hybridized carbons (Fsp3) is 0.462. The molecule has 0 fully saturated rings. The molecule has 0 radical (unpaired) electrons. The van der Waals surface area contributed by atoms with Gasteiger partial charge in [-0.1, -0.05) is 61.4 Å². The van der Waals surface area contributed by atoms with Gasteiger partial charge in [0.2, 0.25) is 0 Å². The van der Waals surface area contributed by atoms with Crippen LogP contribution in [0.1, 0.15) is 50.3 Å². The van der Waals surface area contributed by atoms with Gasteiger partial charge in [0.1, 0.15) is 5.60 Å². The zero-order chi connectivity index (χ0) is 21.4. The summed E-state index contributed by atoms with van der Waals surface area (Å²) in [5.74, 6) is 0. The van der Waals surface area contributed by atoms with Gasteiger partial charge in [0.05, 0.1) is 5.69 Å². The lowest BCUT2D eigenvalue weighted by Crippen LogP contribution is -2.28. The topological polar surface area (TPSA) is 32.6 Å². The van der Waals surface area contributed by atoms with Gasteiger partial charge in [-0.3, -0.25) is 0 Å². The largest absolute Gasteiger partial charge is 0.372 e. The van der Waals surface area contributed by atoms with Crippen molar-refractivity contribution in [1.29, 1.82) is 0 Å². The van der Waals surface area contributed by atoms with E-state index < -0.39 is 0 Å². The summed E-state index contributed by atoms with van der Waals surface area (Å²) >= 11 is 0. The second kappa shape index (κ2) is 10.8. The highest BCUT2D eigenvalue weighted by molar-refractivity contribution is 5.81. The van der Waals surface area contributed by atoms with Crippen molar-refractivity contribution in [3.63, 3.8) is 0 Å². The molecule has 0 saturated heterocycles. The lowest BCUT2D eigenvalue weighted by molar-refractivity contribution is -0.107. The predicted molar refractivity (Wildman–Crippen MR) is 123 cm³/mol. The summed E-state index contributed by atoms with van der Waals surface area (Å²) in [6, 6.07) is 21.5. The fourth-order valence-corrected chi connectivity index (χ4v) is 4.20. The van der Waals surface area contributed by atoms with E-state index in [1.54, 1.807) is 14.2 Å². The van der Waals surface area contributed by atoms with E-state index in [0.717, 1.165) is 38.6 Å². The smallest absolute Gasteiger partial charge is 0.156 e. The van der Waals surface area contributed by atoms with Crippen molar-refractivity contribution in [3.05, 3.63) is 71.9 Å². The molecular weight excluding hydrogens is 374 g/mol. The van der Waals surface area contributed by atoms with Crippen molar-refractivity contribution in [2.75, 3.05) is 21.3 Å². The Morgan fingerprint density at radius 2 is 1.57 bits per heavy atom. The Morgan fingerprint density at radius 3 is 2.27 bits per heavy atom. The summed E-state index contributed by atoms with van der Waals surface area (Å²) in [7, 11) is 5.22. The molecule has 1 atom stereocenters. The van der Waals surface area contributed by atoms with E-state index in [4.69, 9.17) is 14.2 Å². The van der Waals surface area contributed by atoms with E-state index in [9.17, 15) is 0 Å². The second-order valence-corrected chi connectivity index (χ2v) is 8.10. The Balaban J connectivity index is 1.79. The van der Waals surface area contributed by atoms with E-state index in [-0.39, 0.29) is 11.9 Å². The number of aromatic nitrogens is 1. The number of para-hydroxylation sites is 1. The van der Waals surface area contributed by atoms with Crippen molar-refractivity contribution >= 4 is 10.9 Å². The van der Waals surface area contributed by atoms with Crippen LogP contribution in [0.2, 0.25) is 0 Å². The number of ether oxygens (including phenoxy) is 3. The molecule has 1 heterocycles. The molecule has 0 saturated carbocycles. The van der Waals surface area contributed by atoms with Crippen LogP contribution in [0.4, 0.5) is 0 Å².